The van der Waals surface area contributed by atoms with Gasteiger partial charge < -0.3 is 0 Å². The molecule has 0 saturated heterocycles. The van der Waals surface area contributed by atoms with Gasteiger partial charge in [0, 0.05) is 48.3 Å². The average Bonchev–Trinajstić information content (AvgIpc) is 2.70. The van der Waals surface area contributed by atoms with E-state index in [1.165, 1.54) is 5.45 Å². The quantitative estimate of drug-likeness (QED) is 0.0972. The Morgan fingerprint density at radius 3 is 1.18 bits per heavy atom. The first-order valence-corrected chi connectivity index (χ1v) is 19.2. The molecule has 0 unspecified atom stereocenters. The summed E-state index contributed by atoms with van der Waals surface area (Å²) in [6.45, 7) is 39.1. The largest absolute Gasteiger partial charge is 0.260 e. The van der Waals surface area contributed by atoms with E-state index in [0.29, 0.717) is 48.3 Å². The van der Waals surface area contributed by atoms with Crippen LogP contribution in [0.25, 0.3) is 0 Å². The van der Waals surface area contributed by atoms with E-state index < -0.39 is 14.7 Å². The molecule has 0 atom stereocenters. The van der Waals surface area contributed by atoms with Gasteiger partial charge in [-0.15, -0.1) is 0 Å². The predicted molar refractivity (Wildman–Crippen MR) is 180 cm³/mol. The zero-order valence-electron chi connectivity index (χ0n) is 28.3. The van der Waals surface area contributed by atoms with Crippen LogP contribution >= 0.6 is 14.7 Å². The summed E-state index contributed by atoms with van der Waals surface area (Å²) < 4.78 is 10.5. The maximum absolute atomic E-state index is 6.95. The van der Waals surface area contributed by atoms with Crippen LogP contribution in [0.4, 0.5) is 0 Å². The Balaban J connectivity index is 7.36. The molecule has 0 aromatic heterocycles. The van der Waals surface area contributed by atoms with Crippen molar-refractivity contribution in [2.75, 3.05) is 0 Å². The molecule has 0 rings (SSSR count). The number of hydrazone groups is 1. The highest BCUT2D eigenvalue weighted by atomic mass is 32.4. The van der Waals surface area contributed by atoms with Gasteiger partial charge in [0.25, 0.3) is 0 Å². The summed E-state index contributed by atoms with van der Waals surface area (Å²) in [5, 5.41) is 9.29. The second-order valence-corrected chi connectivity index (χ2v) is 18.6. The van der Waals surface area contributed by atoms with E-state index >= 15 is 0 Å². The number of hydrogen-bond acceptors (Lipinski definition) is 5. The Morgan fingerprint density at radius 2 is 0.947 bits per heavy atom. The molecule has 0 radical (unpaired) electrons. The van der Waals surface area contributed by atoms with Gasteiger partial charge in [-0.2, -0.15) is 5.10 Å². The molecule has 0 aromatic rings. The fourth-order valence-corrected chi connectivity index (χ4v) is 14.9. The molecule has 0 amide bonds. The molecule has 0 aliphatic rings. The lowest BCUT2D eigenvalue weighted by Crippen LogP contribution is -2.48. The third-order valence-corrected chi connectivity index (χ3v) is 15.5. The summed E-state index contributed by atoms with van der Waals surface area (Å²) in [6.07, 6.45) is 0.806. The number of unbranched alkanes of at least 4 members (excludes halogenated alkanes) is 1. The van der Waals surface area contributed by atoms with E-state index in [2.05, 4.69) is 142 Å². The molecule has 1 N–H and O–H groups in total. The molecule has 6 nitrogen and oxygen atoms in total. The van der Waals surface area contributed by atoms with E-state index in [1.807, 2.05) is 0 Å². The van der Waals surface area contributed by atoms with Crippen LogP contribution in [-0.4, -0.2) is 72.5 Å². The summed E-state index contributed by atoms with van der Waals surface area (Å²) in [6, 6.07) is 2.93. The van der Waals surface area contributed by atoms with Gasteiger partial charge in [-0.25, -0.2) is 9.34 Å². The monoisotopic (exact) mass is 592 g/mol. The number of nitrogens with one attached hydrogen (secondary N) is 1. The molecule has 0 heterocycles. The topological polar surface area (TPSA) is 37.4 Å². The first kappa shape index (κ1) is 38.4. The third-order valence-electron chi connectivity index (χ3n) is 6.65. The minimum atomic E-state index is -2.35. The maximum Gasteiger partial charge on any atom is 0.164 e. The lowest BCUT2D eigenvalue weighted by atomic mass is 10.3. The van der Waals surface area contributed by atoms with Crippen LogP contribution in [0.5, 0.6) is 0 Å². The van der Waals surface area contributed by atoms with Crippen molar-refractivity contribution in [2.24, 2.45) is 5.10 Å². The van der Waals surface area contributed by atoms with Gasteiger partial charge in [0.2, 0.25) is 0 Å². The van der Waals surface area contributed by atoms with Gasteiger partial charge in [0.1, 0.15) is 6.34 Å². The highest BCUT2D eigenvalue weighted by molar-refractivity contribution is 8.20. The highest BCUT2D eigenvalue weighted by Gasteiger charge is 2.43. The van der Waals surface area contributed by atoms with Gasteiger partial charge >= 0.3 is 0 Å². The molecule has 0 saturated carbocycles. The average molecular weight is 593 g/mol. The zero-order chi connectivity index (χ0) is 30.1. The van der Waals surface area contributed by atoms with Crippen molar-refractivity contribution in [1.82, 2.24) is 23.9 Å². The van der Waals surface area contributed by atoms with Crippen molar-refractivity contribution >= 4 is 32.0 Å². The van der Waals surface area contributed by atoms with Crippen LogP contribution in [-0.2, 0) is 11.8 Å². The molecule has 0 aliphatic heterocycles. The molecule has 0 bridgehead atoms. The zero-order valence-corrected chi connectivity index (χ0v) is 30.9. The second kappa shape index (κ2) is 17.4. The van der Waals surface area contributed by atoms with Crippen LogP contribution < -0.4 is 5.20 Å². The normalized spacial score (nSPS) is 14.4. The molecule has 38 heavy (non-hydrogen) atoms. The van der Waals surface area contributed by atoms with E-state index in [-0.39, 0.29) is 0 Å². The molecule has 0 aromatic carbocycles. The number of nitrogens with zero attached hydrogens (tertiary/aromatic N) is 5. The van der Waals surface area contributed by atoms with Crippen molar-refractivity contribution in [1.29, 1.82) is 0 Å². The van der Waals surface area contributed by atoms with Crippen LogP contribution in [0.1, 0.15) is 137 Å². The van der Waals surface area contributed by atoms with E-state index in [1.54, 1.807) is 0 Å². The fourth-order valence-electron chi connectivity index (χ4n) is 5.82. The number of rotatable bonds is 18. The highest BCUT2D eigenvalue weighted by Crippen LogP contribution is 2.60. The minimum absolute atomic E-state index is 0.333. The van der Waals surface area contributed by atoms with Crippen LogP contribution in [0.3, 0.4) is 0 Å². The minimum Gasteiger partial charge on any atom is -0.260 e. The summed E-state index contributed by atoms with van der Waals surface area (Å²) in [5.41, 5.74) is 1.19. The lowest BCUT2D eigenvalue weighted by molar-refractivity contribution is 0.251. The van der Waals surface area contributed by atoms with Gasteiger partial charge in [0.15, 0.2) is 8.37 Å². The third kappa shape index (κ3) is 10.0. The summed E-state index contributed by atoms with van der Waals surface area (Å²) >= 11 is 6.95. The Kier molecular flexibility index (Phi) is 17.5. The predicted octanol–water partition coefficient (Wildman–Crippen LogP) is 9.09. The Bertz CT molecular complexity index is 661. The van der Waals surface area contributed by atoms with Crippen LogP contribution in [0.15, 0.2) is 5.10 Å². The Labute approximate surface area is 245 Å². The van der Waals surface area contributed by atoms with Crippen LogP contribution in [0, 0.1) is 0 Å². The van der Waals surface area contributed by atoms with Crippen molar-refractivity contribution < 1.29 is 0 Å². The van der Waals surface area contributed by atoms with Crippen molar-refractivity contribution in [3.63, 3.8) is 0 Å². The molecule has 9 heteroatoms. The SMILES string of the molecule is CCCC/C(=N\NP(N(C(C)C)C(C)C)N(C(C)C)C(C)C)P(=S)(N(C(C)C)C(C)C)N(C(C)C)C(C)C. The van der Waals surface area contributed by atoms with Crippen molar-refractivity contribution in [3.05, 3.63) is 0 Å². The first-order valence-electron chi connectivity index (χ1n) is 15.2. The lowest BCUT2D eigenvalue weighted by Gasteiger charge is -2.51. The fraction of sp³-hybridized carbons (Fsp3) is 0.966. The summed E-state index contributed by atoms with van der Waals surface area (Å²) in [7, 11) is -0.876. The second-order valence-electron chi connectivity index (χ2n) is 12.8. The molecule has 228 valence electrons. The maximum atomic E-state index is 6.95. The van der Waals surface area contributed by atoms with E-state index in [0.717, 1.165) is 19.3 Å². The van der Waals surface area contributed by atoms with Crippen molar-refractivity contribution in [2.45, 2.75) is 185 Å². The first-order chi connectivity index (χ1) is 17.4. The van der Waals surface area contributed by atoms with Gasteiger partial charge in [-0.05, 0) is 124 Å². The van der Waals surface area contributed by atoms with E-state index in [9.17, 15) is 0 Å². The Morgan fingerprint density at radius 1 is 0.632 bits per heavy atom. The van der Waals surface area contributed by atoms with Gasteiger partial charge in [-0.3, -0.25) is 14.5 Å². The molecule has 0 aliphatic carbocycles. The smallest absolute Gasteiger partial charge is 0.164 e. The summed E-state index contributed by atoms with van der Waals surface area (Å²) in [4.78, 5) is 0. The van der Waals surface area contributed by atoms with E-state index in [4.69, 9.17) is 16.9 Å². The number of hydrogen-bond donors (Lipinski definition) is 1. The van der Waals surface area contributed by atoms with Gasteiger partial charge in [0.05, 0.1) is 5.45 Å². The van der Waals surface area contributed by atoms with Gasteiger partial charge in [-0.1, -0.05) is 25.2 Å². The molecule has 0 spiro atoms. The van der Waals surface area contributed by atoms with Crippen molar-refractivity contribution in [3.8, 4) is 0 Å². The van der Waals surface area contributed by atoms with Crippen LogP contribution in [0.2, 0.25) is 0 Å². The molecular weight excluding hydrogens is 526 g/mol. The standard InChI is InChI=1S/C29H66N6P2S/c1-18-19-20-29(37(38,34(25(10)11)26(12)13)35(27(14)15)28(16)17)30-31-36(32(21(2)3)22(4)5)33(23(6)7)24(8)9/h21-28,31H,18-20H2,1-17H3/b30-29+. The summed E-state index contributed by atoms with van der Waals surface area (Å²) in [5.74, 6) is 0. The molecular formula is C29H66N6P2S. The molecule has 0 fully saturated rings. The Hall–Kier alpha value is 0.390.